The Kier molecular flexibility index (Phi) is 5.59. The number of hydrogen-bond acceptors (Lipinski definition) is 3. The van der Waals surface area contributed by atoms with E-state index >= 15 is 0 Å². The maximum atomic E-state index is 13.8. The minimum Gasteiger partial charge on any atom is -0.436 e. The lowest BCUT2D eigenvalue weighted by Gasteiger charge is -2.14. The molecule has 5 heteroatoms. The molecule has 0 fully saturated rings. The highest BCUT2D eigenvalue weighted by molar-refractivity contribution is 5.83. The highest BCUT2D eigenvalue weighted by atomic mass is 19.1. The molecule has 0 radical (unpaired) electrons. The van der Waals surface area contributed by atoms with Gasteiger partial charge in [0.05, 0.1) is 5.92 Å². The lowest BCUT2D eigenvalue weighted by molar-refractivity contribution is -0.122. The van der Waals surface area contributed by atoms with E-state index in [1.165, 1.54) is 12.1 Å². The van der Waals surface area contributed by atoms with E-state index in [1.807, 2.05) is 37.3 Å². The highest BCUT2D eigenvalue weighted by Crippen LogP contribution is 2.25. The van der Waals surface area contributed by atoms with Crippen LogP contribution in [0.2, 0.25) is 0 Å². The number of para-hydroxylation sites is 1. The average molecular weight is 350 g/mol. The second-order valence-electron chi connectivity index (χ2n) is 5.85. The van der Waals surface area contributed by atoms with Crippen molar-refractivity contribution in [2.45, 2.75) is 19.4 Å². The zero-order valence-corrected chi connectivity index (χ0v) is 14.4. The Morgan fingerprint density at radius 3 is 2.58 bits per heavy atom. The minimum absolute atomic E-state index is 0.0939. The van der Waals surface area contributed by atoms with Crippen molar-refractivity contribution < 1.29 is 13.9 Å². The van der Waals surface area contributed by atoms with Gasteiger partial charge in [-0.2, -0.15) is 0 Å². The molecule has 0 bridgehead atoms. The molecule has 26 heavy (non-hydrogen) atoms. The molecule has 1 unspecified atom stereocenters. The molecular weight excluding hydrogens is 331 g/mol. The quantitative estimate of drug-likeness (QED) is 0.715. The molecule has 132 valence electrons. The SMILES string of the molecule is CC(C(=O)NCc1cccnc1Oc1ccccc1F)c1ccccc1. The predicted octanol–water partition coefficient (Wildman–Crippen LogP) is 4.43. The largest absolute Gasteiger partial charge is 0.436 e. The molecule has 0 aliphatic carbocycles. The Balaban J connectivity index is 1.69. The zero-order valence-electron chi connectivity index (χ0n) is 14.4. The fraction of sp³-hybridized carbons (Fsp3) is 0.143. The molecule has 3 rings (SSSR count). The Morgan fingerprint density at radius 1 is 1.08 bits per heavy atom. The molecule has 4 nitrogen and oxygen atoms in total. The number of amides is 1. The van der Waals surface area contributed by atoms with Gasteiger partial charge in [-0.15, -0.1) is 0 Å². The van der Waals surface area contributed by atoms with Crippen LogP contribution in [-0.4, -0.2) is 10.9 Å². The van der Waals surface area contributed by atoms with Crippen LogP contribution in [-0.2, 0) is 11.3 Å². The van der Waals surface area contributed by atoms with Gasteiger partial charge in [0, 0.05) is 18.3 Å². The standard InChI is InChI=1S/C21H19FN2O2/c1-15(16-8-3-2-4-9-16)20(25)24-14-17-10-7-13-23-21(17)26-19-12-6-5-11-18(19)22/h2-13,15H,14H2,1H3,(H,24,25). The van der Waals surface area contributed by atoms with Crippen molar-refractivity contribution in [1.82, 2.24) is 10.3 Å². The molecule has 1 aromatic heterocycles. The van der Waals surface area contributed by atoms with Crippen LogP contribution in [0.5, 0.6) is 11.6 Å². The lowest BCUT2D eigenvalue weighted by atomic mass is 10.0. The molecule has 3 aromatic rings. The number of carbonyl (C=O) groups is 1. The number of ether oxygens (including phenoxy) is 1. The highest BCUT2D eigenvalue weighted by Gasteiger charge is 2.16. The number of aromatic nitrogens is 1. The molecule has 2 aromatic carbocycles. The van der Waals surface area contributed by atoms with E-state index in [1.54, 1.807) is 30.5 Å². The normalized spacial score (nSPS) is 11.6. The van der Waals surface area contributed by atoms with Crippen LogP contribution < -0.4 is 10.1 Å². The summed E-state index contributed by atoms with van der Waals surface area (Å²) in [5, 5.41) is 2.89. The fourth-order valence-corrected chi connectivity index (χ4v) is 2.51. The third-order valence-corrected chi connectivity index (χ3v) is 4.04. The van der Waals surface area contributed by atoms with Crippen molar-refractivity contribution >= 4 is 5.91 Å². The van der Waals surface area contributed by atoms with Crippen molar-refractivity contribution in [3.05, 3.63) is 89.9 Å². The average Bonchev–Trinajstić information content (AvgIpc) is 2.69. The van der Waals surface area contributed by atoms with Gasteiger partial charge in [0.2, 0.25) is 11.8 Å². The van der Waals surface area contributed by atoms with Gasteiger partial charge in [0.25, 0.3) is 0 Å². The number of nitrogens with one attached hydrogen (secondary N) is 1. The van der Waals surface area contributed by atoms with Crippen molar-refractivity contribution in [3.63, 3.8) is 0 Å². The molecule has 1 atom stereocenters. The van der Waals surface area contributed by atoms with Crippen molar-refractivity contribution in [2.75, 3.05) is 0 Å². The van der Waals surface area contributed by atoms with E-state index in [0.717, 1.165) is 5.56 Å². The first-order valence-electron chi connectivity index (χ1n) is 8.34. The van der Waals surface area contributed by atoms with Gasteiger partial charge in [-0.05, 0) is 30.7 Å². The van der Waals surface area contributed by atoms with E-state index in [2.05, 4.69) is 10.3 Å². The first-order chi connectivity index (χ1) is 12.6. The molecular formula is C21H19FN2O2. The smallest absolute Gasteiger partial charge is 0.227 e. The van der Waals surface area contributed by atoms with Crippen LogP contribution in [0.3, 0.4) is 0 Å². The van der Waals surface area contributed by atoms with Crippen molar-refractivity contribution in [2.24, 2.45) is 0 Å². The van der Waals surface area contributed by atoms with Crippen LogP contribution in [0.1, 0.15) is 24.0 Å². The minimum atomic E-state index is -0.467. The van der Waals surface area contributed by atoms with Gasteiger partial charge in [0.1, 0.15) is 0 Å². The fourth-order valence-electron chi connectivity index (χ4n) is 2.51. The van der Waals surface area contributed by atoms with E-state index < -0.39 is 5.82 Å². The molecule has 0 saturated heterocycles. The monoisotopic (exact) mass is 350 g/mol. The summed E-state index contributed by atoms with van der Waals surface area (Å²) in [7, 11) is 0. The topological polar surface area (TPSA) is 51.2 Å². The molecule has 1 amide bonds. The summed E-state index contributed by atoms with van der Waals surface area (Å²) in [6.45, 7) is 2.10. The molecule has 0 aliphatic heterocycles. The maximum Gasteiger partial charge on any atom is 0.227 e. The second-order valence-corrected chi connectivity index (χ2v) is 5.85. The molecule has 0 aliphatic rings. The molecule has 0 spiro atoms. The number of rotatable bonds is 6. The van der Waals surface area contributed by atoms with Gasteiger partial charge >= 0.3 is 0 Å². The van der Waals surface area contributed by atoms with E-state index in [9.17, 15) is 9.18 Å². The van der Waals surface area contributed by atoms with Crippen molar-refractivity contribution in [3.8, 4) is 11.6 Å². The van der Waals surface area contributed by atoms with Crippen LogP contribution in [0.15, 0.2) is 72.9 Å². The van der Waals surface area contributed by atoms with Gasteiger partial charge < -0.3 is 10.1 Å². The summed E-state index contributed by atoms with van der Waals surface area (Å²) in [6, 6.07) is 19.2. The molecule has 1 heterocycles. The zero-order chi connectivity index (χ0) is 18.4. The summed E-state index contributed by atoms with van der Waals surface area (Å²) >= 11 is 0. The number of nitrogens with zero attached hydrogens (tertiary/aromatic N) is 1. The molecule has 0 saturated carbocycles. The van der Waals surface area contributed by atoms with E-state index in [0.29, 0.717) is 5.56 Å². The Labute approximate surface area is 151 Å². The van der Waals surface area contributed by atoms with Gasteiger partial charge in [-0.1, -0.05) is 48.5 Å². The number of hydrogen-bond donors (Lipinski definition) is 1. The van der Waals surface area contributed by atoms with Crippen LogP contribution in [0, 0.1) is 5.82 Å². The van der Waals surface area contributed by atoms with Gasteiger partial charge in [0.15, 0.2) is 11.6 Å². The Morgan fingerprint density at radius 2 is 1.81 bits per heavy atom. The summed E-state index contributed by atoms with van der Waals surface area (Å²) in [5.41, 5.74) is 1.61. The lowest BCUT2D eigenvalue weighted by Crippen LogP contribution is -2.27. The number of carbonyl (C=O) groups excluding carboxylic acids is 1. The predicted molar refractivity (Wildman–Crippen MR) is 97.4 cm³/mol. The number of benzene rings is 2. The summed E-state index contributed by atoms with van der Waals surface area (Å²) in [4.78, 5) is 16.6. The number of pyridine rings is 1. The maximum absolute atomic E-state index is 13.8. The third kappa shape index (κ3) is 4.25. The first kappa shape index (κ1) is 17.6. The van der Waals surface area contributed by atoms with E-state index in [-0.39, 0.29) is 30.0 Å². The summed E-state index contributed by atoms with van der Waals surface area (Å²) in [6.07, 6.45) is 1.56. The Bertz CT molecular complexity index is 884. The van der Waals surface area contributed by atoms with Crippen molar-refractivity contribution in [1.29, 1.82) is 0 Å². The van der Waals surface area contributed by atoms with Gasteiger partial charge in [-0.25, -0.2) is 9.37 Å². The molecule has 1 N–H and O–H groups in total. The first-order valence-corrected chi connectivity index (χ1v) is 8.34. The third-order valence-electron chi connectivity index (χ3n) is 4.04. The Hall–Kier alpha value is -3.21. The van der Waals surface area contributed by atoms with Gasteiger partial charge in [-0.3, -0.25) is 4.79 Å². The summed E-state index contributed by atoms with van der Waals surface area (Å²) in [5.74, 6) is -0.478. The van der Waals surface area contributed by atoms with Crippen LogP contribution in [0.25, 0.3) is 0 Å². The van der Waals surface area contributed by atoms with E-state index in [4.69, 9.17) is 4.74 Å². The second kappa shape index (κ2) is 8.25. The number of halogens is 1. The van der Waals surface area contributed by atoms with Crippen LogP contribution >= 0.6 is 0 Å². The van der Waals surface area contributed by atoms with Crippen LogP contribution in [0.4, 0.5) is 4.39 Å². The summed E-state index contributed by atoms with van der Waals surface area (Å²) < 4.78 is 19.4.